The van der Waals surface area contributed by atoms with Gasteiger partial charge in [0.1, 0.15) is 11.9 Å². The van der Waals surface area contributed by atoms with Crippen molar-refractivity contribution >= 4 is 22.9 Å². The van der Waals surface area contributed by atoms with Gasteiger partial charge in [0.15, 0.2) is 5.84 Å². The molecule has 9 nitrogen and oxygen atoms in total. The normalized spacial score (nSPS) is 21.2. The molecule has 0 amide bonds. The molecule has 2 aromatic carbocycles. The lowest BCUT2D eigenvalue weighted by atomic mass is 9.96. The molecule has 3 aliphatic rings. The van der Waals surface area contributed by atoms with E-state index in [2.05, 4.69) is 32.9 Å². The van der Waals surface area contributed by atoms with Crippen molar-refractivity contribution in [3.8, 4) is 5.75 Å². The number of nitrogens with zero attached hydrogens (tertiary/aromatic N) is 2. The molecular formula is C26H29N7O2. The summed E-state index contributed by atoms with van der Waals surface area (Å²) in [5.41, 5.74) is 14.1. The quantitative estimate of drug-likeness (QED) is 0.159. The number of benzene rings is 2. The van der Waals surface area contributed by atoms with Crippen LogP contribution in [-0.2, 0) is 6.42 Å². The Morgan fingerprint density at radius 2 is 2.11 bits per heavy atom. The van der Waals surface area contributed by atoms with Gasteiger partial charge >= 0.3 is 0 Å². The van der Waals surface area contributed by atoms with Crippen molar-refractivity contribution in [2.75, 3.05) is 25.4 Å². The van der Waals surface area contributed by atoms with Crippen LogP contribution in [0.25, 0.3) is 0 Å². The van der Waals surface area contributed by atoms with Crippen molar-refractivity contribution in [3.05, 3.63) is 83.1 Å². The third-order valence-electron chi connectivity index (χ3n) is 6.57. The molecule has 180 valence electrons. The number of anilines is 1. The van der Waals surface area contributed by atoms with E-state index in [1.165, 1.54) is 6.08 Å². The third-order valence-corrected chi connectivity index (χ3v) is 6.57. The average Bonchev–Trinajstić information content (AvgIpc) is 3.54. The lowest BCUT2D eigenvalue weighted by molar-refractivity contribution is 0.186. The van der Waals surface area contributed by atoms with Crippen LogP contribution in [0, 0.1) is 10.8 Å². The van der Waals surface area contributed by atoms with Gasteiger partial charge in [0, 0.05) is 47.6 Å². The van der Waals surface area contributed by atoms with E-state index in [4.69, 9.17) is 26.4 Å². The van der Waals surface area contributed by atoms with E-state index in [0.717, 1.165) is 48.1 Å². The van der Waals surface area contributed by atoms with Gasteiger partial charge in [-0.25, -0.2) is 0 Å². The van der Waals surface area contributed by atoms with Gasteiger partial charge in [-0.05, 0) is 54.5 Å². The molecule has 0 radical (unpaired) electrons. The Bertz CT molecular complexity index is 1250. The molecule has 9 heteroatoms. The number of fused-ring (bicyclic) bond motifs is 1. The predicted octanol–water partition coefficient (Wildman–Crippen LogP) is 2.52. The number of rotatable bonds is 7. The number of ether oxygens (including phenoxy) is 1. The number of aliphatic hydroxyl groups is 1. The molecule has 5 rings (SSSR count). The minimum atomic E-state index is -0.141. The van der Waals surface area contributed by atoms with Gasteiger partial charge in [0.25, 0.3) is 0 Å². The van der Waals surface area contributed by atoms with Crippen LogP contribution in [-0.4, -0.2) is 59.2 Å². The maximum atomic E-state index is 8.97. The number of nitrogens with two attached hydrogens (primary N) is 1. The van der Waals surface area contributed by atoms with Gasteiger partial charge in [0.05, 0.1) is 24.6 Å². The van der Waals surface area contributed by atoms with Crippen LogP contribution in [0.3, 0.4) is 0 Å². The molecule has 0 spiro atoms. The second-order valence-corrected chi connectivity index (χ2v) is 8.85. The number of hydrazone groups is 1. The first-order chi connectivity index (χ1) is 17.0. The molecule has 0 bridgehead atoms. The lowest BCUT2D eigenvalue weighted by Gasteiger charge is -2.36. The standard InChI is InChI=1S/C26H29N7O2/c27-19(8-11-34)15-33-10-2-1-3-22(33)26-30-25(31-32-26)18-4-6-21(28)20(14-18)24(29)17-5-7-23-16(13-17)9-12-35-23/h1-2,4-8,11,13-14,22,26-27,29,32,34H,3,9-10,12,15,28H2,(H,30,31)/b11-8-,27-19?,29-24?/t22-,26?/m1/s1. The van der Waals surface area contributed by atoms with Gasteiger partial charge in [0.2, 0.25) is 0 Å². The van der Waals surface area contributed by atoms with Crippen molar-refractivity contribution in [2.24, 2.45) is 5.10 Å². The molecule has 0 fully saturated rings. The first-order valence-corrected chi connectivity index (χ1v) is 11.7. The fraction of sp³-hybridized carbons (Fsp3) is 0.269. The molecule has 0 aromatic heterocycles. The van der Waals surface area contributed by atoms with Gasteiger partial charge in [-0.2, -0.15) is 5.10 Å². The van der Waals surface area contributed by atoms with Crippen LogP contribution in [0.4, 0.5) is 5.69 Å². The van der Waals surface area contributed by atoms with Crippen molar-refractivity contribution in [1.29, 1.82) is 10.8 Å². The summed E-state index contributed by atoms with van der Waals surface area (Å²) in [4.78, 5) is 2.17. The maximum absolute atomic E-state index is 8.97. The summed E-state index contributed by atoms with van der Waals surface area (Å²) < 4.78 is 5.59. The average molecular weight is 472 g/mol. The molecule has 2 aromatic rings. The Morgan fingerprint density at radius 1 is 1.23 bits per heavy atom. The molecule has 2 atom stereocenters. The molecule has 35 heavy (non-hydrogen) atoms. The number of hydrogen-bond acceptors (Lipinski definition) is 9. The first-order valence-electron chi connectivity index (χ1n) is 11.7. The fourth-order valence-electron chi connectivity index (χ4n) is 4.71. The summed E-state index contributed by atoms with van der Waals surface area (Å²) in [5.74, 6) is 1.57. The largest absolute Gasteiger partial charge is 0.516 e. The summed E-state index contributed by atoms with van der Waals surface area (Å²) in [5, 5.41) is 33.8. The summed E-state index contributed by atoms with van der Waals surface area (Å²) in [7, 11) is 0. The second-order valence-electron chi connectivity index (χ2n) is 8.85. The number of aliphatic hydroxyl groups excluding tert-OH is 1. The Kier molecular flexibility index (Phi) is 6.24. The minimum Gasteiger partial charge on any atom is -0.516 e. The summed E-state index contributed by atoms with van der Waals surface area (Å²) in [6.45, 7) is 1.82. The number of nitrogens with one attached hydrogen (secondary N) is 4. The highest BCUT2D eigenvalue weighted by Crippen LogP contribution is 2.28. The van der Waals surface area contributed by atoms with E-state index in [-0.39, 0.29) is 12.2 Å². The van der Waals surface area contributed by atoms with E-state index >= 15 is 0 Å². The molecule has 0 aliphatic carbocycles. The van der Waals surface area contributed by atoms with Crippen LogP contribution >= 0.6 is 0 Å². The van der Waals surface area contributed by atoms with E-state index in [1.807, 2.05) is 36.4 Å². The van der Waals surface area contributed by atoms with Crippen LogP contribution < -0.4 is 21.2 Å². The second kappa shape index (κ2) is 9.63. The zero-order valence-electron chi connectivity index (χ0n) is 19.3. The van der Waals surface area contributed by atoms with E-state index in [0.29, 0.717) is 41.7 Å². The van der Waals surface area contributed by atoms with E-state index in [9.17, 15) is 0 Å². The first kappa shape index (κ1) is 22.7. The SMILES string of the molecule is N=C(/C=C\O)CN1CC=CC[C@@H]1C1NN=C(c2ccc(N)c(C(=N)c3ccc4c(c3)CCO4)c2)N1. The number of hydrogen-bond donors (Lipinski definition) is 6. The van der Waals surface area contributed by atoms with Crippen molar-refractivity contribution in [3.63, 3.8) is 0 Å². The zero-order chi connectivity index (χ0) is 24.4. The molecule has 1 unspecified atom stereocenters. The number of nitrogen functional groups attached to an aromatic ring is 1. The third kappa shape index (κ3) is 4.63. The molecule has 0 saturated heterocycles. The Labute approximate surface area is 204 Å². The Balaban J connectivity index is 1.32. The van der Waals surface area contributed by atoms with Crippen molar-refractivity contribution in [2.45, 2.75) is 25.0 Å². The molecule has 0 saturated carbocycles. The molecule has 7 N–H and O–H groups in total. The smallest absolute Gasteiger partial charge is 0.154 e. The summed E-state index contributed by atoms with van der Waals surface area (Å²) >= 11 is 0. The van der Waals surface area contributed by atoms with Crippen LogP contribution in [0.15, 0.2) is 66.0 Å². The molecular weight excluding hydrogens is 442 g/mol. The van der Waals surface area contributed by atoms with Crippen LogP contribution in [0.5, 0.6) is 5.75 Å². The fourth-order valence-corrected chi connectivity index (χ4v) is 4.71. The predicted molar refractivity (Wildman–Crippen MR) is 138 cm³/mol. The lowest BCUT2D eigenvalue weighted by Crippen LogP contribution is -2.55. The molecule has 3 heterocycles. The highest BCUT2D eigenvalue weighted by atomic mass is 16.5. The highest BCUT2D eigenvalue weighted by molar-refractivity contribution is 6.15. The van der Waals surface area contributed by atoms with Gasteiger partial charge in [-0.1, -0.05) is 12.2 Å². The monoisotopic (exact) mass is 471 g/mol. The topological polar surface area (TPSA) is 143 Å². The Hall–Kier alpha value is -4.11. The van der Waals surface area contributed by atoms with Crippen LogP contribution in [0.1, 0.15) is 28.7 Å². The molecule has 3 aliphatic heterocycles. The number of amidine groups is 1. The van der Waals surface area contributed by atoms with Gasteiger partial charge < -0.3 is 26.3 Å². The van der Waals surface area contributed by atoms with Crippen molar-refractivity contribution < 1.29 is 9.84 Å². The zero-order valence-corrected chi connectivity index (χ0v) is 19.3. The summed E-state index contributed by atoms with van der Waals surface area (Å²) in [6.07, 6.45) is 8.04. The maximum Gasteiger partial charge on any atom is 0.154 e. The van der Waals surface area contributed by atoms with E-state index < -0.39 is 0 Å². The van der Waals surface area contributed by atoms with Crippen molar-refractivity contribution in [1.82, 2.24) is 15.6 Å². The van der Waals surface area contributed by atoms with E-state index in [1.54, 1.807) is 0 Å². The van der Waals surface area contributed by atoms with Gasteiger partial charge in [-0.3, -0.25) is 15.7 Å². The highest BCUT2D eigenvalue weighted by Gasteiger charge is 2.32. The summed E-state index contributed by atoms with van der Waals surface area (Å²) in [6, 6.07) is 11.5. The van der Waals surface area contributed by atoms with Crippen LogP contribution in [0.2, 0.25) is 0 Å². The minimum absolute atomic E-state index is 0.0777. The van der Waals surface area contributed by atoms with Gasteiger partial charge in [-0.15, -0.1) is 0 Å². The Morgan fingerprint density at radius 3 is 2.97 bits per heavy atom.